The van der Waals surface area contributed by atoms with Crippen LogP contribution in [-0.4, -0.2) is 61.1 Å². The number of hydrogen-bond acceptors (Lipinski definition) is 2. The van der Waals surface area contributed by atoms with E-state index in [4.69, 9.17) is 0 Å². The molecule has 3 aliphatic rings. The first-order chi connectivity index (χ1) is 11.8. The van der Waals surface area contributed by atoms with E-state index in [0.29, 0.717) is 12.0 Å². The topological polar surface area (TPSA) is 30.9 Å². The summed E-state index contributed by atoms with van der Waals surface area (Å²) in [5.74, 6) is 1.76. The van der Waals surface area contributed by atoms with Crippen molar-refractivity contribution < 1.29 is 0 Å². The Morgan fingerprint density at radius 2 is 1.96 bits per heavy atom. The van der Waals surface area contributed by atoms with Gasteiger partial charge in [0, 0.05) is 38.1 Å². The summed E-state index contributed by atoms with van der Waals surface area (Å²) >= 11 is 0. The van der Waals surface area contributed by atoms with Crippen molar-refractivity contribution in [3.8, 4) is 0 Å². The van der Waals surface area contributed by atoms with Crippen LogP contribution in [0.15, 0.2) is 29.3 Å². The third kappa shape index (κ3) is 3.16. The summed E-state index contributed by atoms with van der Waals surface area (Å²) in [4.78, 5) is 9.72. The highest BCUT2D eigenvalue weighted by Gasteiger charge is 2.41. The number of aliphatic imine (C=N–C) groups is 1. The molecule has 0 aromatic heterocycles. The number of nitrogens with one attached hydrogen (secondary N) is 1. The monoisotopic (exact) mass is 326 g/mol. The summed E-state index contributed by atoms with van der Waals surface area (Å²) in [5, 5.41) is 3.73. The maximum absolute atomic E-state index is 4.57. The van der Waals surface area contributed by atoms with Gasteiger partial charge >= 0.3 is 0 Å². The Hall–Kier alpha value is -1.55. The van der Waals surface area contributed by atoms with Crippen LogP contribution < -0.4 is 5.32 Å². The lowest BCUT2D eigenvalue weighted by Crippen LogP contribution is -2.43. The lowest BCUT2D eigenvalue weighted by molar-refractivity contribution is 0.249. The Bertz CT molecular complexity index is 605. The normalized spacial score (nSPS) is 30.8. The fourth-order valence-electron chi connectivity index (χ4n) is 4.50. The summed E-state index contributed by atoms with van der Waals surface area (Å²) < 4.78 is 0. The number of nitrogens with zero attached hydrogens (tertiary/aromatic N) is 3. The molecule has 0 amide bonds. The molecule has 24 heavy (non-hydrogen) atoms. The summed E-state index contributed by atoms with van der Waals surface area (Å²) in [5.41, 5.74) is 2.92. The molecule has 0 radical (unpaired) electrons. The van der Waals surface area contributed by atoms with Gasteiger partial charge in [-0.25, -0.2) is 0 Å². The van der Waals surface area contributed by atoms with E-state index in [0.717, 1.165) is 25.1 Å². The van der Waals surface area contributed by atoms with Crippen LogP contribution in [0.2, 0.25) is 0 Å². The van der Waals surface area contributed by atoms with E-state index in [1.54, 1.807) is 0 Å². The number of aryl methyl sites for hydroxylation is 1. The zero-order valence-corrected chi connectivity index (χ0v) is 15.0. The SMILES string of the molecule is CN=C(NC1CC1c1ccccc1C)N1CCC(N2CCCC2)C1. The van der Waals surface area contributed by atoms with E-state index >= 15 is 0 Å². The zero-order chi connectivity index (χ0) is 16.5. The second-order valence-corrected chi connectivity index (χ2v) is 7.63. The number of guanidine groups is 1. The zero-order valence-electron chi connectivity index (χ0n) is 15.0. The van der Waals surface area contributed by atoms with E-state index in [1.165, 1.54) is 49.9 Å². The summed E-state index contributed by atoms with van der Waals surface area (Å²) in [6.45, 7) is 7.09. The van der Waals surface area contributed by atoms with Gasteiger partial charge in [0.2, 0.25) is 0 Å². The molecule has 0 bridgehead atoms. The quantitative estimate of drug-likeness (QED) is 0.684. The third-order valence-corrected chi connectivity index (χ3v) is 6.02. The van der Waals surface area contributed by atoms with Crippen LogP contribution in [0.5, 0.6) is 0 Å². The minimum Gasteiger partial charge on any atom is -0.353 e. The molecule has 0 spiro atoms. The highest BCUT2D eigenvalue weighted by molar-refractivity contribution is 5.81. The van der Waals surface area contributed by atoms with E-state index in [1.807, 2.05) is 7.05 Å². The third-order valence-electron chi connectivity index (χ3n) is 6.02. The molecule has 1 aliphatic carbocycles. The summed E-state index contributed by atoms with van der Waals surface area (Å²) in [6, 6.07) is 10.1. The van der Waals surface area contributed by atoms with Gasteiger partial charge in [-0.2, -0.15) is 0 Å². The van der Waals surface area contributed by atoms with Crippen LogP contribution in [0, 0.1) is 6.92 Å². The molecule has 130 valence electrons. The second-order valence-electron chi connectivity index (χ2n) is 7.63. The van der Waals surface area contributed by atoms with Gasteiger partial charge in [0.25, 0.3) is 0 Å². The lowest BCUT2D eigenvalue weighted by atomic mass is 10.0. The van der Waals surface area contributed by atoms with Crippen molar-refractivity contribution in [3.63, 3.8) is 0 Å². The van der Waals surface area contributed by atoms with Crippen LogP contribution in [0.25, 0.3) is 0 Å². The first-order valence-corrected chi connectivity index (χ1v) is 9.54. The van der Waals surface area contributed by atoms with E-state index in [2.05, 4.69) is 51.3 Å². The number of likely N-dealkylation sites (tertiary alicyclic amines) is 2. The van der Waals surface area contributed by atoms with Crippen molar-refractivity contribution in [2.75, 3.05) is 33.2 Å². The van der Waals surface area contributed by atoms with E-state index in [9.17, 15) is 0 Å². The van der Waals surface area contributed by atoms with Crippen LogP contribution in [0.4, 0.5) is 0 Å². The molecule has 1 aromatic rings. The highest BCUT2D eigenvalue weighted by Crippen LogP contribution is 2.42. The van der Waals surface area contributed by atoms with E-state index in [-0.39, 0.29) is 0 Å². The Kier molecular flexibility index (Phi) is 4.49. The molecule has 4 nitrogen and oxygen atoms in total. The van der Waals surface area contributed by atoms with Crippen molar-refractivity contribution in [1.82, 2.24) is 15.1 Å². The van der Waals surface area contributed by atoms with Crippen LogP contribution in [0.3, 0.4) is 0 Å². The average Bonchev–Trinajstić information content (AvgIpc) is 3.01. The fraction of sp³-hybridized carbons (Fsp3) is 0.650. The molecule has 3 atom stereocenters. The Morgan fingerprint density at radius 3 is 2.71 bits per heavy atom. The predicted octanol–water partition coefficient (Wildman–Crippen LogP) is 2.60. The van der Waals surface area contributed by atoms with Crippen molar-refractivity contribution in [2.24, 2.45) is 4.99 Å². The average molecular weight is 326 g/mol. The molecule has 4 rings (SSSR count). The Balaban J connectivity index is 1.34. The highest BCUT2D eigenvalue weighted by atomic mass is 15.4. The molecular weight excluding hydrogens is 296 g/mol. The van der Waals surface area contributed by atoms with Gasteiger partial charge in [-0.15, -0.1) is 0 Å². The molecule has 2 aliphatic heterocycles. The first-order valence-electron chi connectivity index (χ1n) is 9.54. The molecule has 2 heterocycles. The van der Waals surface area contributed by atoms with Gasteiger partial charge in [0.1, 0.15) is 0 Å². The van der Waals surface area contributed by atoms with Gasteiger partial charge in [0.15, 0.2) is 5.96 Å². The maximum Gasteiger partial charge on any atom is 0.193 e. The van der Waals surface area contributed by atoms with Crippen molar-refractivity contribution >= 4 is 5.96 Å². The van der Waals surface area contributed by atoms with Gasteiger partial charge in [0.05, 0.1) is 0 Å². The molecule has 3 unspecified atom stereocenters. The first kappa shape index (κ1) is 15.9. The number of benzene rings is 1. The van der Waals surface area contributed by atoms with Crippen molar-refractivity contribution in [3.05, 3.63) is 35.4 Å². The molecule has 1 N–H and O–H groups in total. The van der Waals surface area contributed by atoms with Crippen molar-refractivity contribution in [2.45, 2.75) is 50.6 Å². The Labute approximate surface area is 145 Å². The van der Waals surface area contributed by atoms with Crippen LogP contribution in [0.1, 0.15) is 42.7 Å². The minimum absolute atomic E-state index is 0.552. The lowest BCUT2D eigenvalue weighted by Gasteiger charge is -2.25. The smallest absolute Gasteiger partial charge is 0.193 e. The second kappa shape index (κ2) is 6.75. The molecular formula is C20H30N4. The van der Waals surface area contributed by atoms with E-state index < -0.39 is 0 Å². The van der Waals surface area contributed by atoms with Gasteiger partial charge in [-0.1, -0.05) is 24.3 Å². The molecule has 2 saturated heterocycles. The Morgan fingerprint density at radius 1 is 1.17 bits per heavy atom. The maximum atomic E-state index is 4.57. The minimum atomic E-state index is 0.552. The molecule has 3 fully saturated rings. The number of rotatable bonds is 3. The van der Waals surface area contributed by atoms with Crippen molar-refractivity contribution in [1.29, 1.82) is 0 Å². The van der Waals surface area contributed by atoms with Crippen LogP contribution >= 0.6 is 0 Å². The predicted molar refractivity (Wildman–Crippen MR) is 99.6 cm³/mol. The summed E-state index contributed by atoms with van der Waals surface area (Å²) in [6.07, 6.45) is 5.27. The summed E-state index contributed by atoms with van der Waals surface area (Å²) in [7, 11) is 1.93. The fourth-order valence-corrected chi connectivity index (χ4v) is 4.50. The van der Waals surface area contributed by atoms with Gasteiger partial charge < -0.3 is 10.2 Å². The van der Waals surface area contributed by atoms with Crippen LogP contribution in [-0.2, 0) is 0 Å². The standard InChI is InChI=1S/C20H30N4/c1-15-7-3-4-8-17(15)18-13-19(18)22-20(21-2)24-12-9-16(14-24)23-10-5-6-11-23/h3-4,7-8,16,18-19H,5-6,9-14H2,1-2H3,(H,21,22). The molecule has 1 aromatic carbocycles. The number of hydrogen-bond donors (Lipinski definition) is 1. The molecule has 1 saturated carbocycles. The van der Waals surface area contributed by atoms with Gasteiger partial charge in [-0.3, -0.25) is 9.89 Å². The molecule has 4 heteroatoms. The van der Waals surface area contributed by atoms with Gasteiger partial charge in [-0.05, 0) is 56.8 Å². The largest absolute Gasteiger partial charge is 0.353 e.